The van der Waals surface area contributed by atoms with Gasteiger partial charge in [0.25, 0.3) is 5.91 Å². The average Bonchev–Trinajstić information content (AvgIpc) is 3.68. The van der Waals surface area contributed by atoms with Gasteiger partial charge in [0.05, 0.1) is 24.4 Å². The van der Waals surface area contributed by atoms with E-state index in [2.05, 4.69) is 9.88 Å². The Morgan fingerprint density at radius 1 is 1.15 bits per heavy atom. The molecule has 1 aromatic carbocycles. The number of ether oxygens (including phenoxy) is 1. The molecule has 5 rings (SSSR count). The molecule has 1 aliphatic heterocycles. The van der Waals surface area contributed by atoms with Gasteiger partial charge >= 0.3 is 6.03 Å². The van der Waals surface area contributed by atoms with Crippen molar-refractivity contribution in [3.63, 3.8) is 0 Å². The van der Waals surface area contributed by atoms with E-state index in [1.165, 1.54) is 18.5 Å². The Hall–Kier alpha value is -2.96. The molecule has 0 spiro atoms. The number of nitrogens with one attached hydrogen (secondary N) is 1. The molecular formula is C26H34N4O3. The summed E-state index contributed by atoms with van der Waals surface area (Å²) in [4.78, 5) is 27.4. The van der Waals surface area contributed by atoms with Crippen molar-refractivity contribution >= 4 is 11.9 Å². The molecule has 2 aromatic rings. The van der Waals surface area contributed by atoms with E-state index in [-0.39, 0.29) is 11.6 Å². The van der Waals surface area contributed by atoms with E-state index in [0.717, 1.165) is 42.0 Å². The molecule has 7 heteroatoms. The normalized spacial score (nSPS) is 18.1. The Labute approximate surface area is 195 Å². The fraction of sp³-hybridized carbons (Fsp3) is 0.538. The minimum atomic E-state index is -0.442. The molecule has 1 aromatic heterocycles. The summed E-state index contributed by atoms with van der Waals surface area (Å²) < 4.78 is 8.28. The lowest BCUT2D eigenvalue weighted by Gasteiger charge is -2.33. The van der Waals surface area contributed by atoms with Crippen LogP contribution >= 0.6 is 0 Å². The quantitative estimate of drug-likeness (QED) is 0.690. The number of carbonyl (C=O) groups excluding carboxylic acids is 2. The highest BCUT2D eigenvalue weighted by Gasteiger charge is 2.38. The summed E-state index contributed by atoms with van der Waals surface area (Å²) in [7, 11) is 0. The second-order valence-electron chi connectivity index (χ2n) is 10.8. The Morgan fingerprint density at radius 2 is 1.91 bits per heavy atom. The van der Waals surface area contributed by atoms with Crippen molar-refractivity contribution in [1.82, 2.24) is 14.8 Å². The first kappa shape index (κ1) is 21.9. The number of nitrogens with two attached hydrogens (primary N) is 1. The molecule has 7 nitrogen and oxygen atoms in total. The van der Waals surface area contributed by atoms with Crippen molar-refractivity contribution in [2.24, 2.45) is 11.7 Å². The maximum atomic E-state index is 12.9. The molecule has 0 bridgehead atoms. The topological polar surface area (TPSA) is 89.6 Å². The molecule has 0 atom stereocenters. The number of hydrogen-bond donors (Lipinski definition) is 2. The van der Waals surface area contributed by atoms with Crippen molar-refractivity contribution < 1.29 is 14.3 Å². The molecule has 2 saturated carbocycles. The lowest BCUT2D eigenvalue weighted by atomic mass is 9.97. The summed E-state index contributed by atoms with van der Waals surface area (Å²) in [5.74, 6) is 1.48. The van der Waals surface area contributed by atoms with Gasteiger partial charge in [0.2, 0.25) is 0 Å². The number of primary amides is 1. The summed E-state index contributed by atoms with van der Waals surface area (Å²) in [6.45, 7) is 8.28. The number of rotatable bonds is 6. The van der Waals surface area contributed by atoms with Crippen LogP contribution in [-0.4, -0.2) is 40.1 Å². The number of hydrogen-bond acceptors (Lipinski definition) is 3. The van der Waals surface area contributed by atoms with Crippen LogP contribution in [0.25, 0.3) is 11.1 Å². The lowest BCUT2D eigenvalue weighted by Crippen LogP contribution is -2.50. The van der Waals surface area contributed by atoms with Gasteiger partial charge in [-0.3, -0.25) is 4.79 Å². The average molecular weight is 451 g/mol. The molecule has 3 aliphatic rings. The zero-order valence-corrected chi connectivity index (χ0v) is 19.8. The minimum Gasteiger partial charge on any atom is -0.493 e. The third-order valence-corrected chi connectivity index (χ3v) is 6.63. The molecule has 2 aliphatic carbocycles. The van der Waals surface area contributed by atoms with Crippen LogP contribution in [0.3, 0.4) is 0 Å². The maximum Gasteiger partial charge on any atom is 0.318 e. The first-order valence-electron chi connectivity index (χ1n) is 12.1. The molecular weight excluding hydrogens is 416 g/mol. The third kappa shape index (κ3) is 4.59. The Morgan fingerprint density at radius 3 is 2.55 bits per heavy atom. The SMILES string of the molecule is CC(C)(C)NC(=O)N1CCn2c(c(C(N)=O)c(-c3cccc(OCC4CC4)c3)c2C2CC2)C1. The molecule has 0 radical (unpaired) electrons. The first-order valence-corrected chi connectivity index (χ1v) is 12.1. The molecule has 3 N–H and O–H groups in total. The van der Waals surface area contributed by atoms with Crippen molar-refractivity contribution in [2.45, 2.75) is 71.0 Å². The number of carbonyl (C=O) groups is 2. The van der Waals surface area contributed by atoms with E-state index in [0.29, 0.717) is 37.0 Å². The molecule has 2 fully saturated rings. The monoisotopic (exact) mass is 450 g/mol. The van der Waals surface area contributed by atoms with E-state index in [4.69, 9.17) is 10.5 Å². The van der Waals surface area contributed by atoms with Gasteiger partial charge in [0.15, 0.2) is 0 Å². The zero-order valence-electron chi connectivity index (χ0n) is 19.8. The van der Waals surface area contributed by atoms with Crippen molar-refractivity contribution in [3.05, 3.63) is 41.2 Å². The van der Waals surface area contributed by atoms with Crippen molar-refractivity contribution in [3.8, 4) is 16.9 Å². The van der Waals surface area contributed by atoms with E-state index in [9.17, 15) is 9.59 Å². The van der Waals surface area contributed by atoms with Crippen LogP contribution in [0.5, 0.6) is 5.75 Å². The Kier molecular flexibility index (Phi) is 5.38. The summed E-state index contributed by atoms with van der Waals surface area (Å²) in [6, 6.07) is 7.91. The molecule has 176 valence electrons. The van der Waals surface area contributed by atoms with Gasteiger partial charge < -0.3 is 25.3 Å². The second-order valence-corrected chi connectivity index (χ2v) is 10.8. The van der Waals surface area contributed by atoms with Crippen LogP contribution in [0.2, 0.25) is 0 Å². The van der Waals surface area contributed by atoms with Crippen LogP contribution in [-0.2, 0) is 13.1 Å². The van der Waals surface area contributed by atoms with Gasteiger partial charge in [0, 0.05) is 29.9 Å². The standard InChI is InChI=1S/C26H34N4O3/c1-26(2,3)28-25(32)29-11-12-30-20(14-29)22(24(27)31)21(23(30)17-9-10-17)18-5-4-6-19(13-18)33-15-16-7-8-16/h4-6,13,16-17H,7-12,14-15H2,1-3H3,(H2,27,31)(H,28,32). The lowest BCUT2D eigenvalue weighted by molar-refractivity contribution is 0.0997. The third-order valence-electron chi connectivity index (χ3n) is 6.63. The maximum absolute atomic E-state index is 12.9. The van der Waals surface area contributed by atoms with Crippen LogP contribution < -0.4 is 15.8 Å². The van der Waals surface area contributed by atoms with E-state index >= 15 is 0 Å². The van der Waals surface area contributed by atoms with Gasteiger partial charge in [-0.25, -0.2) is 4.79 Å². The van der Waals surface area contributed by atoms with Crippen molar-refractivity contribution in [1.29, 1.82) is 0 Å². The first-order chi connectivity index (χ1) is 15.7. The summed E-state index contributed by atoms with van der Waals surface area (Å²) >= 11 is 0. The summed E-state index contributed by atoms with van der Waals surface area (Å²) in [5, 5.41) is 3.04. The largest absolute Gasteiger partial charge is 0.493 e. The number of nitrogens with zero attached hydrogens (tertiary/aromatic N) is 2. The molecule has 0 unspecified atom stereocenters. The van der Waals surface area contributed by atoms with Crippen molar-refractivity contribution in [2.75, 3.05) is 13.2 Å². The number of fused-ring (bicyclic) bond motifs is 1. The Balaban J connectivity index is 1.54. The van der Waals surface area contributed by atoms with Gasteiger partial charge in [-0.15, -0.1) is 0 Å². The van der Waals surface area contributed by atoms with Crippen LogP contribution in [0.15, 0.2) is 24.3 Å². The zero-order chi connectivity index (χ0) is 23.3. The highest BCUT2D eigenvalue weighted by Crippen LogP contribution is 2.48. The van der Waals surface area contributed by atoms with Gasteiger partial charge in [-0.05, 0) is 76.0 Å². The predicted octanol–water partition coefficient (Wildman–Crippen LogP) is 4.24. The van der Waals surface area contributed by atoms with Gasteiger partial charge in [-0.1, -0.05) is 12.1 Å². The number of benzene rings is 1. The molecule has 2 heterocycles. The summed E-state index contributed by atoms with van der Waals surface area (Å²) in [6.07, 6.45) is 4.70. The second kappa shape index (κ2) is 8.12. The highest BCUT2D eigenvalue weighted by atomic mass is 16.5. The summed E-state index contributed by atoms with van der Waals surface area (Å²) in [5.41, 5.74) is 10.1. The number of urea groups is 1. The van der Waals surface area contributed by atoms with Gasteiger partial charge in [0.1, 0.15) is 5.75 Å². The Bertz CT molecular complexity index is 1090. The van der Waals surface area contributed by atoms with E-state index in [1.54, 1.807) is 4.90 Å². The molecule has 33 heavy (non-hydrogen) atoms. The number of amides is 3. The highest BCUT2D eigenvalue weighted by molar-refractivity contribution is 6.02. The van der Waals surface area contributed by atoms with Crippen LogP contribution in [0.4, 0.5) is 4.79 Å². The predicted molar refractivity (Wildman–Crippen MR) is 127 cm³/mol. The fourth-order valence-corrected chi connectivity index (χ4v) is 4.74. The van der Waals surface area contributed by atoms with E-state index < -0.39 is 5.91 Å². The van der Waals surface area contributed by atoms with Crippen LogP contribution in [0.1, 0.15) is 74.1 Å². The number of aromatic nitrogens is 1. The van der Waals surface area contributed by atoms with Crippen LogP contribution in [0, 0.1) is 5.92 Å². The van der Waals surface area contributed by atoms with E-state index in [1.807, 2.05) is 45.0 Å². The fourth-order valence-electron chi connectivity index (χ4n) is 4.74. The smallest absolute Gasteiger partial charge is 0.318 e. The minimum absolute atomic E-state index is 0.115. The van der Waals surface area contributed by atoms with Gasteiger partial charge in [-0.2, -0.15) is 0 Å². The molecule has 0 saturated heterocycles. The molecule has 3 amide bonds.